The number of hydrogen-bond acceptors (Lipinski definition) is 5. The average molecular weight is 508 g/mol. The van der Waals surface area contributed by atoms with Crippen molar-refractivity contribution < 1.29 is 19.0 Å². The zero-order chi connectivity index (χ0) is 20.4. The average Bonchev–Trinajstić information content (AvgIpc) is 2.58. The van der Waals surface area contributed by atoms with Crippen LogP contribution in [0.5, 0.6) is 11.5 Å². The molecule has 0 spiro atoms. The quantitative estimate of drug-likeness (QED) is 0.281. The van der Waals surface area contributed by atoms with Gasteiger partial charge < -0.3 is 30.6 Å². The first-order valence-corrected chi connectivity index (χ1v) is 8.97. The van der Waals surface area contributed by atoms with Crippen molar-refractivity contribution in [3.05, 3.63) is 18.2 Å². The van der Waals surface area contributed by atoms with E-state index >= 15 is 0 Å². The molecule has 1 unspecified atom stereocenters. The highest BCUT2D eigenvalue weighted by Crippen LogP contribution is 2.29. The van der Waals surface area contributed by atoms with E-state index in [-0.39, 0.29) is 36.0 Å². The van der Waals surface area contributed by atoms with Gasteiger partial charge in [-0.05, 0) is 39.3 Å². The Balaban J connectivity index is 0.00000729. The molecule has 0 aromatic heterocycles. The summed E-state index contributed by atoms with van der Waals surface area (Å²) >= 11 is 0. The van der Waals surface area contributed by atoms with E-state index in [9.17, 15) is 4.79 Å². The molecular formula is C19H33IN4O4. The molecule has 0 heterocycles. The number of methoxy groups -OCH3 is 2. The van der Waals surface area contributed by atoms with Crippen LogP contribution in [0.2, 0.25) is 0 Å². The Labute approximate surface area is 184 Å². The lowest BCUT2D eigenvalue weighted by molar-refractivity contribution is 0.0503. The molecule has 0 fully saturated rings. The van der Waals surface area contributed by atoms with Gasteiger partial charge in [-0.1, -0.05) is 13.3 Å². The highest BCUT2D eigenvalue weighted by molar-refractivity contribution is 14.0. The molecule has 160 valence electrons. The van der Waals surface area contributed by atoms with Crippen LogP contribution in [0.4, 0.5) is 10.5 Å². The molecule has 0 saturated heterocycles. The molecule has 4 N–H and O–H groups in total. The molecule has 0 saturated carbocycles. The standard InChI is InChI=1S/C19H32N4O4.HI/c1-7-8-14(23-18(24)27-19(2,3)4)12-21-17(20)22-13-9-10-15(25-5)16(11-13)26-6;/h9-11,14H,7-8,12H2,1-6H3,(H,23,24)(H3,20,21,22);1H. The number of nitrogens with zero attached hydrogens (tertiary/aromatic N) is 1. The number of nitrogens with one attached hydrogen (secondary N) is 2. The van der Waals surface area contributed by atoms with Crippen molar-refractivity contribution in [2.24, 2.45) is 10.7 Å². The lowest BCUT2D eigenvalue weighted by Crippen LogP contribution is -2.41. The van der Waals surface area contributed by atoms with Gasteiger partial charge in [-0.15, -0.1) is 24.0 Å². The molecule has 1 atom stereocenters. The molecule has 1 aromatic rings. The van der Waals surface area contributed by atoms with Crippen molar-refractivity contribution in [3.63, 3.8) is 0 Å². The number of alkyl carbamates (subject to hydrolysis) is 1. The highest BCUT2D eigenvalue weighted by atomic mass is 127. The molecule has 28 heavy (non-hydrogen) atoms. The minimum absolute atomic E-state index is 0. The van der Waals surface area contributed by atoms with E-state index in [1.54, 1.807) is 26.4 Å². The molecule has 8 nitrogen and oxygen atoms in total. The van der Waals surface area contributed by atoms with E-state index in [0.29, 0.717) is 18.0 Å². The topological polar surface area (TPSA) is 107 Å². The summed E-state index contributed by atoms with van der Waals surface area (Å²) in [6.07, 6.45) is 1.22. The monoisotopic (exact) mass is 508 g/mol. The van der Waals surface area contributed by atoms with E-state index in [1.165, 1.54) is 0 Å². The van der Waals surface area contributed by atoms with Crippen molar-refractivity contribution >= 4 is 41.7 Å². The number of anilines is 1. The second-order valence-corrected chi connectivity index (χ2v) is 7.05. The fourth-order valence-electron chi connectivity index (χ4n) is 2.34. The number of amides is 1. The van der Waals surface area contributed by atoms with Gasteiger partial charge in [0.25, 0.3) is 0 Å². The summed E-state index contributed by atoms with van der Waals surface area (Å²) in [6, 6.07) is 5.20. The fraction of sp³-hybridized carbons (Fsp3) is 0.579. The van der Waals surface area contributed by atoms with Gasteiger partial charge in [0, 0.05) is 11.8 Å². The fourth-order valence-corrected chi connectivity index (χ4v) is 2.34. The summed E-state index contributed by atoms with van der Waals surface area (Å²) in [4.78, 5) is 16.3. The first-order chi connectivity index (χ1) is 12.7. The number of hydrogen-bond donors (Lipinski definition) is 3. The van der Waals surface area contributed by atoms with Crippen LogP contribution >= 0.6 is 24.0 Å². The predicted molar refractivity (Wildman–Crippen MR) is 123 cm³/mol. The third kappa shape index (κ3) is 9.86. The van der Waals surface area contributed by atoms with Gasteiger partial charge in [0.2, 0.25) is 0 Å². The Kier molecular flexibility index (Phi) is 11.7. The summed E-state index contributed by atoms with van der Waals surface area (Å²) in [7, 11) is 3.14. The first kappa shape index (κ1) is 26.1. The number of aliphatic imine (C=N–C) groups is 1. The van der Waals surface area contributed by atoms with E-state index in [0.717, 1.165) is 18.5 Å². The lowest BCUT2D eigenvalue weighted by Gasteiger charge is -2.23. The maximum atomic E-state index is 12.0. The smallest absolute Gasteiger partial charge is 0.407 e. The molecule has 0 aliphatic heterocycles. The van der Waals surface area contributed by atoms with Gasteiger partial charge in [-0.2, -0.15) is 0 Å². The van der Waals surface area contributed by atoms with Gasteiger partial charge in [-0.3, -0.25) is 4.99 Å². The molecular weight excluding hydrogens is 475 g/mol. The van der Waals surface area contributed by atoms with Gasteiger partial charge in [-0.25, -0.2) is 4.79 Å². The number of benzene rings is 1. The molecule has 1 aromatic carbocycles. The Morgan fingerprint density at radius 2 is 1.86 bits per heavy atom. The molecule has 1 rings (SSSR count). The third-order valence-corrected chi connectivity index (χ3v) is 3.50. The number of carbonyl (C=O) groups is 1. The first-order valence-electron chi connectivity index (χ1n) is 8.97. The van der Waals surface area contributed by atoms with Gasteiger partial charge >= 0.3 is 6.09 Å². The van der Waals surface area contributed by atoms with E-state index < -0.39 is 11.7 Å². The predicted octanol–water partition coefficient (Wildman–Crippen LogP) is 3.74. The van der Waals surface area contributed by atoms with Crippen LogP contribution in [0.3, 0.4) is 0 Å². The Morgan fingerprint density at radius 1 is 1.21 bits per heavy atom. The van der Waals surface area contributed by atoms with Crippen molar-refractivity contribution in [3.8, 4) is 11.5 Å². The second-order valence-electron chi connectivity index (χ2n) is 7.05. The highest BCUT2D eigenvalue weighted by Gasteiger charge is 2.19. The van der Waals surface area contributed by atoms with Crippen LogP contribution in [0.25, 0.3) is 0 Å². The number of halogens is 1. The third-order valence-electron chi connectivity index (χ3n) is 3.50. The van der Waals surface area contributed by atoms with Crippen molar-refractivity contribution in [2.45, 2.75) is 52.2 Å². The molecule has 0 radical (unpaired) electrons. The molecule has 9 heteroatoms. The number of nitrogens with two attached hydrogens (primary N) is 1. The van der Waals surface area contributed by atoms with Crippen LogP contribution in [0.15, 0.2) is 23.2 Å². The largest absolute Gasteiger partial charge is 0.493 e. The summed E-state index contributed by atoms with van der Waals surface area (Å²) in [5.41, 5.74) is 6.15. The summed E-state index contributed by atoms with van der Waals surface area (Å²) in [6.45, 7) is 7.86. The van der Waals surface area contributed by atoms with Crippen LogP contribution < -0.4 is 25.8 Å². The summed E-state index contributed by atoms with van der Waals surface area (Å²) in [5.74, 6) is 1.46. The Morgan fingerprint density at radius 3 is 2.39 bits per heavy atom. The maximum absolute atomic E-state index is 12.0. The van der Waals surface area contributed by atoms with Crippen LogP contribution in [-0.2, 0) is 4.74 Å². The van der Waals surface area contributed by atoms with Crippen molar-refractivity contribution in [2.75, 3.05) is 26.1 Å². The van der Waals surface area contributed by atoms with Crippen LogP contribution in [0.1, 0.15) is 40.5 Å². The zero-order valence-corrected chi connectivity index (χ0v) is 19.8. The molecule has 0 bridgehead atoms. The maximum Gasteiger partial charge on any atom is 0.407 e. The van der Waals surface area contributed by atoms with E-state index in [4.69, 9.17) is 19.9 Å². The van der Waals surface area contributed by atoms with E-state index in [2.05, 4.69) is 15.6 Å². The van der Waals surface area contributed by atoms with Gasteiger partial charge in [0.1, 0.15) is 5.60 Å². The van der Waals surface area contributed by atoms with Crippen LogP contribution in [0, 0.1) is 0 Å². The summed E-state index contributed by atoms with van der Waals surface area (Å²) < 4.78 is 15.8. The zero-order valence-electron chi connectivity index (χ0n) is 17.5. The van der Waals surface area contributed by atoms with Gasteiger partial charge in [0.15, 0.2) is 17.5 Å². The number of rotatable bonds is 8. The Bertz CT molecular complexity index is 647. The second kappa shape index (κ2) is 12.5. The van der Waals surface area contributed by atoms with Crippen molar-refractivity contribution in [1.82, 2.24) is 5.32 Å². The van der Waals surface area contributed by atoms with Gasteiger partial charge in [0.05, 0.1) is 26.8 Å². The number of ether oxygens (including phenoxy) is 3. The van der Waals surface area contributed by atoms with Crippen LogP contribution in [-0.4, -0.2) is 44.5 Å². The normalized spacial score (nSPS) is 12.4. The Hall–Kier alpha value is -1.91. The summed E-state index contributed by atoms with van der Waals surface area (Å²) in [5, 5.41) is 5.84. The molecule has 0 aliphatic rings. The van der Waals surface area contributed by atoms with E-state index in [1.807, 2.05) is 33.8 Å². The minimum atomic E-state index is -0.544. The minimum Gasteiger partial charge on any atom is -0.493 e. The number of carbonyl (C=O) groups excluding carboxylic acids is 1. The molecule has 0 aliphatic carbocycles. The SMILES string of the molecule is CCCC(CN=C(N)Nc1ccc(OC)c(OC)c1)NC(=O)OC(C)(C)C.I. The number of guanidine groups is 1. The van der Waals surface area contributed by atoms with Crippen molar-refractivity contribution in [1.29, 1.82) is 0 Å². The lowest BCUT2D eigenvalue weighted by atomic mass is 10.1. The molecule has 1 amide bonds.